The van der Waals surface area contributed by atoms with Gasteiger partial charge in [0.05, 0.1) is 0 Å². The van der Waals surface area contributed by atoms with Crippen molar-refractivity contribution in [3.05, 3.63) is 24.3 Å². The first-order valence-electron chi connectivity index (χ1n) is 4.87. The molecule has 0 aromatic heterocycles. The average Bonchev–Trinajstić information content (AvgIpc) is 2.31. The molecule has 7 heteroatoms. The van der Waals surface area contributed by atoms with Gasteiger partial charge < -0.3 is 18.9 Å². The van der Waals surface area contributed by atoms with Gasteiger partial charge in [0.1, 0.15) is 0 Å². The average molecular weight is 258 g/mol. The molecule has 0 aromatic carbocycles. The lowest BCUT2D eigenvalue weighted by Gasteiger charge is -2.00. The van der Waals surface area contributed by atoms with Gasteiger partial charge >= 0.3 is 17.9 Å². The van der Waals surface area contributed by atoms with Crippen molar-refractivity contribution in [2.45, 2.75) is 6.92 Å². The zero-order valence-corrected chi connectivity index (χ0v) is 10.1. The summed E-state index contributed by atoms with van der Waals surface area (Å²) in [7, 11) is 1.38. The van der Waals surface area contributed by atoms with Crippen LogP contribution in [0.25, 0.3) is 0 Å². The van der Waals surface area contributed by atoms with Gasteiger partial charge in [-0.25, -0.2) is 9.59 Å². The molecular weight excluding hydrogens is 244 g/mol. The molecule has 0 unspecified atom stereocenters. The smallest absolute Gasteiger partial charge is 0.333 e. The van der Waals surface area contributed by atoms with E-state index in [1.165, 1.54) is 26.2 Å². The standard InChI is InChI=1S/C11H14O7/c1-9(12)16-8-18-11(14)6-4-3-5-10(13)17-7-15-2/h3-6H,7-8H2,1-2H3. The van der Waals surface area contributed by atoms with E-state index in [0.29, 0.717) is 0 Å². The molecule has 0 aliphatic rings. The van der Waals surface area contributed by atoms with Crippen molar-refractivity contribution in [3.63, 3.8) is 0 Å². The molecule has 18 heavy (non-hydrogen) atoms. The van der Waals surface area contributed by atoms with E-state index in [2.05, 4.69) is 18.9 Å². The minimum atomic E-state index is -0.703. The molecule has 0 saturated heterocycles. The first-order chi connectivity index (χ1) is 8.56. The molecule has 0 heterocycles. The highest BCUT2D eigenvalue weighted by atomic mass is 16.7. The predicted octanol–water partition coefficient (Wildman–Crippen LogP) is 0.310. The summed E-state index contributed by atoms with van der Waals surface area (Å²) in [5, 5.41) is 0. The Labute approximate surface area is 104 Å². The summed E-state index contributed by atoms with van der Waals surface area (Å²) in [6, 6.07) is 0. The van der Waals surface area contributed by atoms with Crippen molar-refractivity contribution in [2.75, 3.05) is 20.7 Å². The van der Waals surface area contributed by atoms with Gasteiger partial charge in [-0.2, -0.15) is 0 Å². The van der Waals surface area contributed by atoms with E-state index in [4.69, 9.17) is 0 Å². The van der Waals surface area contributed by atoms with Crippen LogP contribution in [0, 0.1) is 0 Å². The Morgan fingerprint density at radius 2 is 1.39 bits per heavy atom. The normalized spacial score (nSPS) is 10.6. The molecule has 0 rings (SSSR count). The fourth-order valence-corrected chi connectivity index (χ4v) is 0.652. The monoisotopic (exact) mass is 258 g/mol. The summed E-state index contributed by atoms with van der Waals surface area (Å²) in [5.41, 5.74) is 0. The zero-order valence-electron chi connectivity index (χ0n) is 10.1. The van der Waals surface area contributed by atoms with E-state index < -0.39 is 24.7 Å². The number of carbonyl (C=O) groups excluding carboxylic acids is 3. The van der Waals surface area contributed by atoms with Gasteiger partial charge in [-0.15, -0.1) is 0 Å². The van der Waals surface area contributed by atoms with Crippen LogP contribution >= 0.6 is 0 Å². The fraction of sp³-hybridized carbons (Fsp3) is 0.364. The van der Waals surface area contributed by atoms with Crippen LogP contribution in [0.4, 0.5) is 0 Å². The largest absolute Gasteiger partial charge is 0.435 e. The molecule has 7 nitrogen and oxygen atoms in total. The second-order valence-electron chi connectivity index (χ2n) is 2.81. The number of allylic oxidation sites excluding steroid dienone is 2. The van der Waals surface area contributed by atoms with E-state index >= 15 is 0 Å². The third-order valence-corrected chi connectivity index (χ3v) is 1.36. The SMILES string of the molecule is COCOC(=O)C=CC=CC(=O)OCOC(C)=O. The second kappa shape index (κ2) is 10.0. The molecule has 0 amide bonds. The van der Waals surface area contributed by atoms with Gasteiger partial charge in [-0.05, 0) is 0 Å². The van der Waals surface area contributed by atoms with Gasteiger partial charge in [0, 0.05) is 26.2 Å². The number of esters is 3. The van der Waals surface area contributed by atoms with Crippen LogP contribution < -0.4 is 0 Å². The maximum absolute atomic E-state index is 11.0. The Hall–Kier alpha value is -2.15. The van der Waals surface area contributed by atoms with Gasteiger partial charge in [0.15, 0.2) is 6.79 Å². The van der Waals surface area contributed by atoms with Crippen LogP contribution in [-0.2, 0) is 33.3 Å². The van der Waals surface area contributed by atoms with Crippen LogP contribution in [0.15, 0.2) is 24.3 Å². The lowest BCUT2D eigenvalue weighted by Crippen LogP contribution is -2.08. The number of ether oxygens (including phenoxy) is 4. The summed E-state index contributed by atoms with van der Waals surface area (Å²) >= 11 is 0. The third-order valence-electron chi connectivity index (χ3n) is 1.36. The summed E-state index contributed by atoms with van der Waals surface area (Å²) in [4.78, 5) is 32.2. The van der Waals surface area contributed by atoms with Gasteiger partial charge in [0.25, 0.3) is 0 Å². The molecular formula is C11H14O7. The zero-order chi connectivity index (χ0) is 13.8. The lowest BCUT2D eigenvalue weighted by molar-refractivity contribution is -0.162. The Balaban J connectivity index is 3.80. The number of methoxy groups -OCH3 is 1. The second-order valence-corrected chi connectivity index (χ2v) is 2.81. The van der Waals surface area contributed by atoms with Crippen LogP contribution in [0.3, 0.4) is 0 Å². The quantitative estimate of drug-likeness (QED) is 0.281. The fourth-order valence-electron chi connectivity index (χ4n) is 0.652. The number of hydrogen-bond acceptors (Lipinski definition) is 7. The van der Waals surface area contributed by atoms with E-state index in [1.807, 2.05) is 0 Å². The van der Waals surface area contributed by atoms with Crippen molar-refractivity contribution in [2.24, 2.45) is 0 Å². The summed E-state index contributed by atoms with van der Waals surface area (Å²) in [6.45, 7) is 0.605. The van der Waals surface area contributed by atoms with Crippen LogP contribution in [-0.4, -0.2) is 38.6 Å². The molecule has 0 N–H and O–H groups in total. The highest BCUT2D eigenvalue weighted by molar-refractivity contribution is 5.84. The van der Waals surface area contributed by atoms with Gasteiger partial charge in [-0.3, -0.25) is 4.79 Å². The first-order valence-corrected chi connectivity index (χ1v) is 4.87. The van der Waals surface area contributed by atoms with Crippen molar-refractivity contribution < 1.29 is 33.3 Å². The summed E-state index contributed by atoms with van der Waals surface area (Å²) in [5.74, 6) is -1.85. The maximum atomic E-state index is 11.0. The molecule has 100 valence electrons. The van der Waals surface area contributed by atoms with Crippen LogP contribution in [0.5, 0.6) is 0 Å². The van der Waals surface area contributed by atoms with Crippen molar-refractivity contribution in [1.82, 2.24) is 0 Å². The van der Waals surface area contributed by atoms with E-state index in [9.17, 15) is 14.4 Å². The van der Waals surface area contributed by atoms with E-state index in [1.54, 1.807) is 0 Å². The lowest BCUT2D eigenvalue weighted by atomic mass is 10.4. The minimum absolute atomic E-state index is 0.142. The van der Waals surface area contributed by atoms with E-state index in [0.717, 1.165) is 12.2 Å². The third kappa shape index (κ3) is 10.4. The van der Waals surface area contributed by atoms with Gasteiger partial charge in [-0.1, -0.05) is 12.2 Å². The molecule has 0 atom stereocenters. The molecule has 0 bridgehead atoms. The Morgan fingerprint density at radius 1 is 0.889 bits per heavy atom. The maximum Gasteiger partial charge on any atom is 0.333 e. The molecule has 0 saturated carbocycles. The Bertz CT molecular complexity index is 343. The van der Waals surface area contributed by atoms with Gasteiger partial charge in [0.2, 0.25) is 6.79 Å². The van der Waals surface area contributed by atoms with E-state index in [-0.39, 0.29) is 6.79 Å². The molecule has 0 spiro atoms. The highest BCUT2D eigenvalue weighted by Crippen LogP contribution is 1.87. The van der Waals surface area contributed by atoms with Crippen LogP contribution in [0.2, 0.25) is 0 Å². The van der Waals surface area contributed by atoms with Crippen molar-refractivity contribution >= 4 is 17.9 Å². The number of hydrogen-bond donors (Lipinski definition) is 0. The first kappa shape index (κ1) is 15.9. The minimum Gasteiger partial charge on any atom is -0.435 e. The molecule has 0 radical (unpaired) electrons. The molecule has 0 fully saturated rings. The number of rotatable bonds is 7. The predicted molar refractivity (Wildman–Crippen MR) is 59.0 cm³/mol. The highest BCUT2D eigenvalue weighted by Gasteiger charge is 1.97. The molecule has 0 aromatic rings. The molecule has 0 aliphatic heterocycles. The van der Waals surface area contributed by atoms with Crippen LogP contribution in [0.1, 0.15) is 6.92 Å². The number of carbonyl (C=O) groups is 3. The summed E-state index contributed by atoms with van der Waals surface area (Å²) in [6.07, 6.45) is 4.74. The topological polar surface area (TPSA) is 88.1 Å². The van der Waals surface area contributed by atoms with Crippen molar-refractivity contribution in [3.8, 4) is 0 Å². The Morgan fingerprint density at radius 3 is 1.83 bits per heavy atom. The Kier molecular flexibility index (Phi) is 8.83. The summed E-state index contributed by atoms with van der Waals surface area (Å²) < 4.78 is 17.9. The van der Waals surface area contributed by atoms with Crippen molar-refractivity contribution in [1.29, 1.82) is 0 Å². The molecule has 0 aliphatic carbocycles.